The van der Waals surface area contributed by atoms with Crippen LogP contribution in [0.25, 0.3) is 0 Å². The zero-order chi connectivity index (χ0) is 13.1. The molecule has 1 amide bonds. The van der Waals surface area contributed by atoms with Crippen LogP contribution in [0.4, 0.5) is 5.82 Å². The maximum atomic E-state index is 12.5. The lowest BCUT2D eigenvalue weighted by Crippen LogP contribution is -2.40. The van der Waals surface area contributed by atoms with Gasteiger partial charge in [-0.15, -0.1) is 0 Å². The van der Waals surface area contributed by atoms with Gasteiger partial charge in [0.2, 0.25) is 0 Å². The maximum Gasteiger partial charge on any atom is 0.257 e. The topological polar surface area (TPSA) is 65.5 Å². The first-order valence-electron chi connectivity index (χ1n) is 6.23. The molecule has 1 aromatic rings. The van der Waals surface area contributed by atoms with Crippen LogP contribution in [0.1, 0.15) is 23.7 Å². The number of nitrogens with one attached hydrogen (secondary N) is 1. The highest BCUT2D eigenvalue weighted by atomic mass is 16.3. The molecule has 2 unspecified atom stereocenters. The van der Waals surface area contributed by atoms with Gasteiger partial charge in [-0.2, -0.15) is 0 Å². The van der Waals surface area contributed by atoms with Gasteiger partial charge in [-0.3, -0.25) is 4.79 Å². The van der Waals surface area contributed by atoms with Gasteiger partial charge in [-0.05, 0) is 24.5 Å². The Hall–Kier alpha value is -1.62. The summed E-state index contributed by atoms with van der Waals surface area (Å²) in [6, 6.07) is 3.43. The van der Waals surface area contributed by atoms with Crippen LogP contribution in [0.15, 0.2) is 18.3 Å². The second kappa shape index (κ2) is 5.35. The molecule has 0 spiro atoms. The number of pyridine rings is 1. The van der Waals surface area contributed by atoms with Crippen LogP contribution in [0.5, 0.6) is 0 Å². The molecule has 18 heavy (non-hydrogen) atoms. The van der Waals surface area contributed by atoms with E-state index in [-0.39, 0.29) is 18.6 Å². The number of aromatic nitrogens is 1. The van der Waals surface area contributed by atoms with E-state index in [0.717, 1.165) is 6.42 Å². The van der Waals surface area contributed by atoms with Crippen LogP contribution in [-0.4, -0.2) is 47.1 Å². The normalized spacial score (nSPS) is 23.2. The average molecular weight is 249 g/mol. The van der Waals surface area contributed by atoms with Crippen molar-refractivity contribution in [2.45, 2.75) is 19.4 Å². The van der Waals surface area contributed by atoms with E-state index in [0.29, 0.717) is 23.8 Å². The van der Waals surface area contributed by atoms with Crippen LogP contribution in [0, 0.1) is 5.92 Å². The highest BCUT2D eigenvalue weighted by Crippen LogP contribution is 2.26. The van der Waals surface area contributed by atoms with Gasteiger partial charge in [0.05, 0.1) is 18.2 Å². The van der Waals surface area contributed by atoms with Crippen LogP contribution in [0.3, 0.4) is 0 Å². The number of likely N-dealkylation sites (tertiary alicyclic amines) is 1. The minimum atomic E-state index is -0.0811. The molecule has 1 aliphatic rings. The highest BCUT2D eigenvalue weighted by molar-refractivity contribution is 5.99. The smallest absolute Gasteiger partial charge is 0.257 e. The van der Waals surface area contributed by atoms with Crippen LogP contribution >= 0.6 is 0 Å². The van der Waals surface area contributed by atoms with E-state index in [1.807, 2.05) is 0 Å². The molecule has 2 N–H and O–H groups in total. The standard InChI is InChI=1S/C13H19N3O2/c1-9-5-7-16(11(9)8-17)13(18)10-4-3-6-15-12(10)14-2/h3-4,6,9,11,17H,5,7-8H2,1-2H3,(H,14,15). The fourth-order valence-corrected chi connectivity index (χ4v) is 2.47. The molecule has 0 bridgehead atoms. The van der Waals surface area contributed by atoms with Crippen molar-refractivity contribution in [3.8, 4) is 0 Å². The quantitative estimate of drug-likeness (QED) is 0.837. The van der Waals surface area contributed by atoms with E-state index in [9.17, 15) is 9.90 Å². The Morgan fingerprint density at radius 2 is 2.44 bits per heavy atom. The van der Waals surface area contributed by atoms with Crippen molar-refractivity contribution in [2.75, 3.05) is 25.5 Å². The highest BCUT2D eigenvalue weighted by Gasteiger charge is 2.35. The molecule has 1 aliphatic heterocycles. The van der Waals surface area contributed by atoms with E-state index in [4.69, 9.17) is 0 Å². The molecule has 1 aromatic heterocycles. The number of aliphatic hydroxyl groups is 1. The number of amides is 1. The summed E-state index contributed by atoms with van der Waals surface area (Å²) >= 11 is 0. The number of hydrogen-bond donors (Lipinski definition) is 2. The SMILES string of the molecule is CNc1ncccc1C(=O)N1CCC(C)C1CO. The second-order valence-electron chi connectivity index (χ2n) is 4.66. The first kappa shape index (κ1) is 12.8. The third-order valence-electron chi connectivity index (χ3n) is 3.61. The molecule has 0 aliphatic carbocycles. The number of nitrogens with zero attached hydrogens (tertiary/aromatic N) is 2. The van der Waals surface area contributed by atoms with Crippen molar-refractivity contribution in [1.82, 2.24) is 9.88 Å². The van der Waals surface area contributed by atoms with Crippen molar-refractivity contribution in [3.63, 3.8) is 0 Å². The van der Waals surface area contributed by atoms with Crippen molar-refractivity contribution in [1.29, 1.82) is 0 Å². The van der Waals surface area contributed by atoms with Gasteiger partial charge < -0.3 is 15.3 Å². The molecule has 0 aromatic carbocycles. The van der Waals surface area contributed by atoms with Gasteiger partial charge in [0.25, 0.3) is 5.91 Å². The number of aliphatic hydroxyl groups excluding tert-OH is 1. The minimum Gasteiger partial charge on any atom is -0.394 e. The van der Waals surface area contributed by atoms with Gasteiger partial charge in [-0.25, -0.2) is 4.98 Å². The third-order valence-corrected chi connectivity index (χ3v) is 3.61. The number of carbonyl (C=O) groups excluding carboxylic acids is 1. The summed E-state index contributed by atoms with van der Waals surface area (Å²) < 4.78 is 0. The lowest BCUT2D eigenvalue weighted by molar-refractivity contribution is 0.0649. The van der Waals surface area contributed by atoms with E-state index < -0.39 is 0 Å². The summed E-state index contributed by atoms with van der Waals surface area (Å²) in [4.78, 5) is 18.4. The molecule has 1 fully saturated rings. The largest absolute Gasteiger partial charge is 0.394 e. The van der Waals surface area contributed by atoms with Crippen LogP contribution in [-0.2, 0) is 0 Å². The zero-order valence-electron chi connectivity index (χ0n) is 10.8. The number of rotatable bonds is 3. The Balaban J connectivity index is 2.26. The van der Waals surface area contributed by atoms with Gasteiger partial charge in [0.1, 0.15) is 5.82 Å². The van der Waals surface area contributed by atoms with Crippen molar-refractivity contribution >= 4 is 11.7 Å². The molecular weight excluding hydrogens is 230 g/mol. The maximum absolute atomic E-state index is 12.5. The van der Waals surface area contributed by atoms with Gasteiger partial charge >= 0.3 is 0 Å². The predicted molar refractivity (Wildman–Crippen MR) is 69.5 cm³/mol. The minimum absolute atomic E-state index is 0.0159. The van der Waals surface area contributed by atoms with Crippen LogP contribution < -0.4 is 5.32 Å². The van der Waals surface area contributed by atoms with E-state index >= 15 is 0 Å². The monoisotopic (exact) mass is 249 g/mol. The molecule has 2 heterocycles. The fourth-order valence-electron chi connectivity index (χ4n) is 2.47. The van der Waals surface area contributed by atoms with Gasteiger partial charge in [-0.1, -0.05) is 6.92 Å². The Bertz CT molecular complexity index is 436. The first-order valence-corrected chi connectivity index (χ1v) is 6.23. The number of anilines is 1. The summed E-state index contributed by atoms with van der Waals surface area (Å²) in [5, 5.41) is 12.3. The summed E-state index contributed by atoms with van der Waals surface area (Å²) in [7, 11) is 1.75. The Kier molecular flexibility index (Phi) is 3.81. The number of hydrogen-bond acceptors (Lipinski definition) is 4. The van der Waals surface area contributed by atoms with E-state index in [2.05, 4.69) is 17.2 Å². The van der Waals surface area contributed by atoms with Crippen molar-refractivity contribution in [2.24, 2.45) is 5.92 Å². The van der Waals surface area contributed by atoms with E-state index in [1.165, 1.54) is 0 Å². The summed E-state index contributed by atoms with van der Waals surface area (Å²) in [5.41, 5.74) is 0.563. The molecule has 1 saturated heterocycles. The van der Waals surface area contributed by atoms with Crippen molar-refractivity contribution < 1.29 is 9.90 Å². The lowest BCUT2D eigenvalue weighted by atomic mass is 10.0. The fraction of sp³-hybridized carbons (Fsp3) is 0.538. The molecular formula is C13H19N3O2. The van der Waals surface area contributed by atoms with Gasteiger partial charge in [0, 0.05) is 19.8 Å². The molecule has 0 radical (unpaired) electrons. The van der Waals surface area contributed by atoms with Gasteiger partial charge in [0.15, 0.2) is 0 Å². The second-order valence-corrected chi connectivity index (χ2v) is 4.66. The summed E-state index contributed by atoms with van der Waals surface area (Å²) in [6.07, 6.45) is 2.59. The zero-order valence-corrected chi connectivity index (χ0v) is 10.8. The first-order chi connectivity index (χ1) is 8.69. The molecule has 0 saturated carbocycles. The Morgan fingerprint density at radius 3 is 3.11 bits per heavy atom. The molecule has 5 heteroatoms. The molecule has 2 atom stereocenters. The molecule has 2 rings (SSSR count). The average Bonchev–Trinajstić information content (AvgIpc) is 2.78. The Labute approximate surface area is 107 Å². The summed E-state index contributed by atoms with van der Waals surface area (Å²) in [5.74, 6) is 0.864. The van der Waals surface area contributed by atoms with Crippen molar-refractivity contribution in [3.05, 3.63) is 23.9 Å². The third kappa shape index (κ3) is 2.18. The van der Waals surface area contributed by atoms with Crippen LogP contribution in [0.2, 0.25) is 0 Å². The lowest BCUT2D eigenvalue weighted by Gasteiger charge is -2.25. The Morgan fingerprint density at radius 1 is 1.67 bits per heavy atom. The molecule has 5 nitrogen and oxygen atoms in total. The predicted octanol–water partition coefficient (Wildman–Crippen LogP) is 0.966. The molecule has 98 valence electrons. The van der Waals surface area contributed by atoms with E-state index in [1.54, 1.807) is 30.3 Å². The number of carbonyl (C=O) groups is 1. The summed E-state index contributed by atoms with van der Waals surface area (Å²) in [6.45, 7) is 2.78.